The summed E-state index contributed by atoms with van der Waals surface area (Å²) in [6, 6.07) is 0. The van der Waals surface area contributed by atoms with E-state index < -0.39 is 0 Å². The molecule has 0 aromatic rings. The predicted octanol–water partition coefficient (Wildman–Crippen LogP) is 9.54. The molecule has 3 aliphatic heterocycles. The zero-order valence-electron chi connectivity index (χ0n) is 59.2. The first-order valence-electron chi connectivity index (χ1n) is 43.3. The Balaban J connectivity index is 0.691. The normalized spacial score (nSPS) is 59.8. The molecule has 20 saturated carbocycles. The van der Waals surface area contributed by atoms with Gasteiger partial charge in [0, 0.05) is 78.5 Å². The van der Waals surface area contributed by atoms with Crippen LogP contribution in [0.25, 0.3) is 0 Å². The van der Waals surface area contributed by atoms with Gasteiger partial charge in [-0.1, -0.05) is 32.1 Å². The SMILES string of the molecule is NCCOCCOCCN1CC2CCC3C4CCCC5CC6C7CN(CCOCCOCCN)CC8C9CC%10CC%11CCCC%12C%13CCCC%14C%15CN(CCOCCOCCN)CC%16C%17CC%18CC%19C(C1)C2C3C1C%19C2C%18C3C%17C%17C(C%10C(C%11%12)C(C%13%14)C%17C%15%16)C9C3C(C78)C2C6C1C54. The van der Waals surface area contributed by atoms with Crippen LogP contribution >= 0.6 is 0 Å². The number of hydrogen-bond donors (Lipinski definition) is 3. The molecule has 0 aromatic heterocycles. The molecular weight excluding hydrogens is 1190 g/mol. The molecule has 12 nitrogen and oxygen atoms in total. The highest BCUT2D eigenvalue weighted by atomic mass is 16.5. The zero-order valence-corrected chi connectivity index (χ0v) is 59.2. The van der Waals surface area contributed by atoms with Crippen molar-refractivity contribution in [3.63, 3.8) is 0 Å². The number of piperidine rings is 3. The Morgan fingerprint density at radius 1 is 0.198 bits per heavy atom. The third-order valence-corrected chi connectivity index (χ3v) is 39.4. The number of fused-ring (bicyclic) bond motifs is 7. The van der Waals surface area contributed by atoms with Gasteiger partial charge in [-0.15, -0.1) is 0 Å². The monoisotopic (exact) mass is 1320 g/mol. The van der Waals surface area contributed by atoms with E-state index in [0.717, 1.165) is 306 Å². The molecule has 44 unspecified atom stereocenters. The molecule has 0 radical (unpaired) electrons. The minimum atomic E-state index is 0.596. The maximum Gasteiger partial charge on any atom is 0.0701 e. The van der Waals surface area contributed by atoms with Crippen molar-refractivity contribution in [3.05, 3.63) is 0 Å². The molecule has 44 atom stereocenters. The van der Waals surface area contributed by atoms with Gasteiger partial charge in [0.1, 0.15) is 0 Å². The molecule has 23 rings (SSSR count). The van der Waals surface area contributed by atoms with E-state index >= 15 is 0 Å². The number of hydrogen-bond acceptors (Lipinski definition) is 12. The van der Waals surface area contributed by atoms with Crippen molar-refractivity contribution in [2.24, 2.45) is 278 Å². The van der Waals surface area contributed by atoms with E-state index in [1.165, 1.54) is 45.7 Å². The van der Waals surface area contributed by atoms with E-state index in [1.807, 2.05) is 0 Å². The maximum atomic E-state index is 6.69. The van der Waals surface area contributed by atoms with E-state index in [1.54, 1.807) is 96.3 Å². The summed E-state index contributed by atoms with van der Waals surface area (Å²) in [7, 11) is 0. The van der Waals surface area contributed by atoms with Crippen LogP contribution in [0.15, 0.2) is 0 Å². The molecule has 23 aliphatic rings. The quantitative estimate of drug-likeness (QED) is 0.0793. The lowest BCUT2D eigenvalue weighted by Crippen LogP contribution is -2.84. The van der Waals surface area contributed by atoms with Crippen LogP contribution in [0.5, 0.6) is 0 Å². The van der Waals surface area contributed by atoms with Crippen molar-refractivity contribution in [2.75, 3.05) is 158 Å². The molecule has 0 amide bonds. The summed E-state index contributed by atoms with van der Waals surface area (Å²) in [6.07, 6.45) is 25.7. The molecule has 23 fully saturated rings. The lowest BCUT2D eigenvalue weighted by Gasteiger charge is -2.87. The standard InChI is InChI=1S/C84H130N6O6/c85-12-18-91-24-27-94-21-15-88-35-43-10-11-50-47-7-2-5-42-31-51-57-38-90(17-23-96-29-26-93-20-14-87)40-59-53-32-44-30-41-4-1-6-46-48-8-3-9-49-55-36-89(16-22-95-28-25-92-19-13-86)39-58-54-34-45-33-52-56(37-88)62(43)68(50)81-70(52)76-64(45)77-72(54)83-75(63(44)73(60(41)46)78(65(48)49)79(83)66(55)58)71(53)84(77)80(67(57)59)82(76)69(51)74(81)61(42)47/h41-84H,1-40,85-87H2. The number of nitrogens with zero attached hydrogens (tertiary/aromatic N) is 3. The summed E-state index contributed by atoms with van der Waals surface area (Å²) in [5.41, 5.74) is 17.7. The van der Waals surface area contributed by atoms with Crippen LogP contribution in [0, 0.1) is 260 Å². The molecule has 3 heterocycles. The molecule has 12 heteroatoms. The van der Waals surface area contributed by atoms with Crippen molar-refractivity contribution in [2.45, 2.75) is 103 Å². The zero-order chi connectivity index (χ0) is 62.7. The Kier molecular flexibility index (Phi) is 15.3. The van der Waals surface area contributed by atoms with Gasteiger partial charge in [-0.05, 0) is 331 Å². The second kappa shape index (κ2) is 23.8. The summed E-state index contributed by atoms with van der Waals surface area (Å²) < 4.78 is 37.6. The lowest BCUT2D eigenvalue weighted by molar-refractivity contribution is -0.400. The first-order valence-corrected chi connectivity index (χ1v) is 43.3. The molecule has 0 spiro atoms. The fourth-order valence-electron chi connectivity index (χ4n) is 39.9. The number of nitrogens with two attached hydrogens (primary N) is 3. The Labute approximate surface area is 578 Å². The third kappa shape index (κ3) is 8.36. The first-order chi connectivity index (χ1) is 47.6. The summed E-state index contributed by atoms with van der Waals surface area (Å²) in [5.74, 6) is 44.9. The van der Waals surface area contributed by atoms with Crippen LogP contribution < -0.4 is 17.2 Å². The van der Waals surface area contributed by atoms with Crippen LogP contribution in [-0.2, 0) is 28.4 Å². The van der Waals surface area contributed by atoms with Gasteiger partial charge < -0.3 is 60.3 Å². The Morgan fingerprint density at radius 2 is 0.479 bits per heavy atom. The molecule has 6 N–H and O–H groups in total. The van der Waals surface area contributed by atoms with Gasteiger partial charge in [0.2, 0.25) is 0 Å². The molecule has 0 aromatic carbocycles. The highest BCUT2D eigenvalue weighted by molar-refractivity contribution is 5.33. The van der Waals surface area contributed by atoms with E-state index in [-0.39, 0.29) is 0 Å². The molecule has 532 valence electrons. The highest BCUT2D eigenvalue weighted by Crippen LogP contribution is 2.90. The fraction of sp³-hybridized carbons (Fsp3) is 1.00. The largest absolute Gasteiger partial charge is 0.378 e. The van der Waals surface area contributed by atoms with Gasteiger partial charge in [-0.2, -0.15) is 0 Å². The number of ether oxygens (including phenoxy) is 6. The minimum Gasteiger partial charge on any atom is -0.378 e. The van der Waals surface area contributed by atoms with Gasteiger partial charge in [0.25, 0.3) is 0 Å². The van der Waals surface area contributed by atoms with E-state index in [4.69, 9.17) is 45.6 Å². The molecule has 20 aliphatic carbocycles. The van der Waals surface area contributed by atoms with Crippen LogP contribution in [0.1, 0.15) is 103 Å². The van der Waals surface area contributed by atoms with Crippen molar-refractivity contribution in [3.8, 4) is 0 Å². The van der Waals surface area contributed by atoms with Gasteiger partial charge in [-0.25, -0.2) is 0 Å². The minimum absolute atomic E-state index is 0.596. The summed E-state index contributed by atoms with van der Waals surface area (Å²) >= 11 is 0. The summed E-state index contributed by atoms with van der Waals surface area (Å²) in [5, 5.41) is 0. The van der Waals surface area contributed by atoms with Crippen LogP contribution in [0.3, 0.4) is 0 Å². The second-order valence-electron chi connectivity index (χ2n) is 40.4. The van der Waals surface area contributed by atoms with E-state index in [9.17, 15) is 0 Å². The van der Waals surface area contributed by atoms with Crippen LogP contribution in [-0.4, -0.2) is 173 Å². The average molecular weight is 1320 g/mol. The summed E-state index contributed by atoms with van der Waals surface area (Å²) in [6.45, 7) is 22.4. The van der Waals surface area contributed by atoms with Crippen LogP contribution in [0.2, 0.25) is 0 Å². The number of likely N-dealkylation sites (tertiary alicyclic amines) is 3. The fourth-order valence-corrected chi connectivity index (χ4v) is 39.9. The van der Waals surface area contributed by atoms with Gasteiger partial charge >= 0.3 is 0 Å². The smallest absolute Gasteiger partial charge is 0.0701 e. The summed E-state index contributed by atoms with van der Waals surface area (Å²) in [4.78, 5) is 9.45. The second-order valence-corrected chi connectivity index (χ2v) is 40.4. The Morgan fingerprint density at radius 3 is 0.948 bits per heavy atom. The average Bonchev–Trinajstić information content (AvgIpc) is 0.627. The lowest BCUT2D eigenvalue weighted by atomic mass is 9.18. The van der Waals surface area contributed by atoms with E-state index in [0.29, 0.717) is 72.5 Å². The molecule has 96 heavy (non-hydrogen) atoms. The predicted molar refractivity (Wildman–Crippen MR) is 369 cm³/mol. The molecular formula is C84H130N6O6. The van der Waals surface area contributed by atoms with Crippen molar-refractivity contribution < 1.29 is 28.4 Å². The van der Waals surface area contributed by atoms with Crippen molar-refractivity contribution >= 4 is 0 Å². The van der Waals surface area contributed by atoms with E-state index in [2.05, 4.69) is 14.7 Å². The first kappa shape index (κ1) is 61.8. The maximum absolute atomic E-state index is 6.69. The third-order valence-electron chi connectivity index (χ3n) is 39.4. The molecule has 0 bridgehead atoms. The van der Waals surface area contributed by atoms with Crippen molar-refractivity contribution in [1.82, 2.24) is 14.7 Å². The highest BCUT2D eigenvalue weighted by Gasteiger charge is 2.86. The van der Waals surface area contributed by atoms with Crippen molar-refractivity contribution in [1.29, 1.82) is 0 Å². The molecule has 3 saturated heterocycles. The number of rotatable bonds is 24. The topological polar surface area (TPSA) is 143 Å². The van der Waals surface area contributed by atoms with Crippen LogP contribution in [0.4, 0.5) is 0 Å². The Hall–Kier alpha value is -0.480. The van der Waals surface area contributed by atoms with Gasteiger partial charge in [0.15, 0.2) is 0 Å². The van der Waals surface area contributed by atoms with Gasteiger partial charge in [0.05, 0.1) is 79.3 Å². The Bertz CT molecular complexity index is 2890. The van der Waals surface area contributed by atoms with Gasteiger partial charge in [-0.3, -0.25) is 0 Å².